The molecule has 2 unspecified atom stereocenters. The van der Waals surface area contributed by atoms with Gasteiger partial charge in [0, 0.05) is 18.0 Å². The molecule has 3 rings (SSSR count). The number of nitrogens with two attached hydrogens (primary N) is 1. The molecule has 0 aromatic heterocycles. The van der Waals surface area contributed by atoms with Crippen molar-refractivity contribution in [2.45, 2.75) is 32.4 Å². The molecule has 0 aliphatic carbocycles. The lowest BCUT2D eigenvalue weighted by Gasteiger charge is -2.31. The third kappa shape index (κ3) is 2.18. The van der Waals surface area contributed by atoms with Crippen LogP contribution in [0.25, 0.3) is 0 Å². The molecular formula is C17H18FNO. The second-order valence-corrected chi connectivity index (χ2v) is 5.42. The lowest BCUT2D eigenvalue weighted by Crippen LogP contribution is -2.24. The zero-order valence-electron chi connectivity index (χ0n) is 11.7. The van der Waals surface area contributed by atoms with E-state index in [0.717, 1.165) is 11.1 Å². The van der Waals surface area contributed by atoms with E-state index in [2.05, 4.69) is 26.0 Å². The van der Waals surface area contributed by atoms with Gasteiger partial charge in [-0.3, -0.25) is 0 Å². The highest BCUT2D eigenvalue weighted by Gasteiger charge is 2.28. The summed E-state index contributed by atoms with van der Waals surface area (Å²) in [6.07, 6.45) is 0.601. The van der Waals surface area contributed by atoms with Crippen molar-refractivity contribution in [3.8, 4) is 5.75 Å². The number of ether oxygens (including phenoxy) is 1. The zero-order chi connectivity index (χ0) is 14.3. The largest absolute Gasteiger partial charge is 0.485 e. The summed E-state index contributed by atoms with van der Waals surface area (Å²) in [6, 6.07) is 10.6. The Morgan fingerprint density at radius 2 is 1.95 bits per heavy atom. The molecule has 20 heavy (non-hydrogen) atoms. The SMILES string of the molecule is Cc1cccc(C2CC(N)c3cc(F)ccc3O2)c1C. The van der Waals surface area contributed by atoms with Crippen LogP contribution in [-0.2, 0) is 0 Å². The van der Waals surface area contributed by atoms with Gasteiger partial charge in [-0.25, -0.2) is 4.39 Å². The average Bonchev–Trinajstić information content (AvgIpc) is 2.42. The Bertz CT molecular complexity index is 653. The van der Waals surface area contributed by atoms with Gasteiger partial charge < -0.3 is 10.5 Å². The fourth-order valence-electron chi connectivity index (χ4n) is 2.79. The van der Waals surface area contributed by atoms with Gasteiger partial charge in [-0.2, -0.15) is 0 Å². The van der Waals surface area contributed by atoms with Crippen LogP contribution in [0.2, 0.25) is 0 Å². The summed E-state index contributed by atoms with van der Waals surface area (Å²) in [6.45, 7) is 4.19. The number of halogens is 1. The number of aryl methyl sites for hydroxylation is 1. The first-order chi connectivity index (χ1) is 9.56. The lowest BCUT2D eigenvalue weighted by molar-refractivity contribution is 0.160. The third-order valence-electron chi connectivity index (χ3n) is 4.10. The maximum Gasteiger partial charge on any atom is 0.126 e. The first-order valence-corrected chi connectivity index (χ1v) is 6.84. The summed E-state index contributed by atoms with van der Waals surface area (Å²) in [5.41, 5.74) is 10.6. The molecule has 0 saturated heterocycles. The van der Waals surface area contributed by atoms with Crippen LogP contribution in [0.15, 0.2) is 36.4 Å². The smallest absolute Gasteiger partial charge is 0.126 e. The predicted molar refractivity (Wildman–Crippen MR) is 77.2 cm³/mol. The molecule has 2 nitrogen and oxygen atoms in total. The minimum atomic E-state index is -0.270. The van der Waals surface area contributed by atoms with E-state index in [1.54, 1.807) is 6.07 Å². The first kappa shape index (κ1) is 13.1. The third-order valence-corrected chi connectivity index (χ3v) is 4.10. The van der Waals surface area contributed by atoms with Crippen molar-refractivity contribution in [1.29, 1.82) is 0 Å². The highest BCUT2D eigenvalue weighted by molar-refractivity contribution is 5.41. The van der Waals surface area contributed by atoms with Gasteiger partial charge in [0.15, 0.2) is 0 Å². The van der Waals surface area contributed by atoms with E-state index in [1.807, 2.05) is 6.07 Å². The van der Waals surface area contributed by atoms with E-state index in [4.69, 9.17) is 10.5 Å². The van der Waals surface area contributed by atoms with Crippen molar-refractivity contribution in [3.63, 3.8) is 0 Å². The zero-order valence-corrected chi connectivity index (χ0v) is 11.7. The summed E-state index contributed by atoms with van der Waals surface area (Å²) >= 11 is 0. The molecule has 0 fully saturated rings. The number of benzene rings is 2. The van der Waals surface area contributed by atoms with Crippen molar-refractivity contribution in [3.05, 3.63) is 64.5 Å². The van der Waals surface area contributed by atoms with Gasteiger partial charge >= 0.3 is 0 Å². The summed E-state index contributed by atoms with van der Waals surface area (Å²) in [7, 11) is 0. The van der Waals surface area contributed by atoms with Gasteiger partial charge in [-0.1, -0.05) is 18.2 Å². The molecule has 3 heteroatoms. The molecule has 0 saturated carbocycles. The second-order valence-electron chi connectivity index (χ2n) is 5.42. The van der Waals surface area contributed by atoms with E-state index < -0.39 is 0 Å². The van der Waals surface area contributed by atoms with Crippen LogP contribution in [0.3, 0.4) is 0 Å². The van der Waals surface area contributed by atoms with Gasteiger partial charge in [0.2, 0.25) is 0 Å². The Morgan fingerprint density at radius 3 is 2.75 bits per heavy atom. The normalized spacial score (nSPS) is 21.2. The van der Waals surface area contributed by atoms with Crippen molar-refractivity contribution >= 4 is 0 Å². The van der Waals surface area contributed by atoms with Crippen LogP contribution < -0.4 is 10.5 Å². The summed E-state index contributed by atoms with van der Waals surface area (Å²) < 4.78 is 19.3. The minimum absolute atomic E-state index is 0.0668. The summed E-state index contributed by atoms with van der Waals surface area (Å²) in [5, 5.41) is 0. The molecule has 0 radical (unpaired) electrons. The van der Waals surface area contributed by atoms with E-state index in [0.29, 0.717) is 12.2 Å². The van der Waals surface area contributed by atoms with E-state index in [9.17, 15) is 4.39 Å². The molecule has 104 valence electrons. The van der Waals surface area contributed by atoms with Crippen molar-refractivity contribution in [1.82, 2.24) is 0 Å². The Morgan fingerprint density at radius 1 is 1.15 bits per heavy atom. The van der Waals surface area contributed by atoms with Crippen LogP contribution in [0.5, 0.6) is 5.75 Å². The molecule has 0 amide bonds. The highest BCUT2D eigenvalue weighted by atomic mass is 19.1. The molecular weight excluding hydrogens is 253 g/mol. The maximum absolute atomic E-state index is 13.3. The van der Waals surface area contributed by atoms with Crippen molar-refractivity contribution in [2.75, 3.05) is 0 Å². The Hall–Kier alpha value is -1.87. The molecule has 1 aliphatic rings. The molecule has 1 heterocycles. The van der Waals surface area contributed by atoms with Crippen molar-refractivity contribution < 1.29 is 9.13 Å². The Labute approximate surface area is 118 Å². The Kier molecular flexibility index (Phi) is 3.22. The topological polar surface area (TPSA) is 35.2 Å². The molecule has 1 aliphatic heterocycles. The summed E-state index contributed by atoms with van der Waals surface area (Å²) in [5.74, 6) is 0.420. The van der Waals surface area contributed by atoms with E-state index >= 15 is 0 Å². The second kappa shape index (κ2) is 4.91. The predicted octanol–water partition coefficient (Wildman–Crippen LogP) is 3.97. The van der Waals surface area contributed by atoms with Crippen LogP contribution in [0.4, 0.5) is 4.39 Å². The molecule has 0 spiro atoms. The van der Waals surface area contributed by atoms with Gasteiger partial charge in [-0.05, 0) is 48.7 Å². The first-order valence-electron chi connectivity index (χ1n) is 6.84. The average molecular weight is 271 g/mol. The Balaban J connectivity index is 1.99. The molecule has 2 aromatic rings. The summed E-state index contributed by atoms with van der Waals surface area (Å²) in [4.78, 5) is 0. The fourth-order valence-corrected chi connectivity index (χ4v) is 2.79. The van der Waals surface area contributed by atoms with Gasteiger partial charge in [0.05, 0.1) is 0 Å². The number of hydrogen-bond acceptors (Lipinski definition) is 2. The van der Waals surface area contributed by atoms with Crippen LogP contribution in [0.1, 0.15) is 40.8 Å². The number of rotatable bonds is 1. The minimum Gasteiger partial charge on any atom is -0.485 e. The maximum atomic E-state index is 13.3. The highest BCUT2D eigenvalue weighted by Crippen LogP contribution is 2.40. The monoisotopic (exact) mass is 271 g/mol. The lowest BCUT2D eigenvalue weighted by atomic mass is 9.90. The quantitative estimate of drug-likeness (QED) is 0.852. The van der Waals surface area contributed by atoms with Gasteiger partial charge in [-0.15, -0.1) is 0 Å². The standard InChI is InChI=1S/C17H18FNO/c1-10-4-3-5-13(11(10)2)17-9-15(19)14-8-12(18)6-7-16(14)20-17/h3-8,15,17H,9,19H2,1-2H3. The molecule has 2 N–H and O–H groups in total. The number of fused-ring (bicyclic) bond motifs is 1. The molecule has 2 atom stereocenters. The van der Waals surface area contributed by atoms with E-state index in [-0.39, 0.29) is 18.0 Å². The van der Waals surface area contributed by atoms with Gasteiger partial charge in [0.1, 0.15) is 17.7 Å². The number of hydrogen-bond donors (Lipinski definition) is 1. The van der Waals surface area contributed by atoms with Crippen LogP contribution in [0, 0.1) is 19.7 Å². The van der Waals surface area contributed by atoms with Crippen LogP contribution >= 0.6 is 0 Å². The molecule has 2 aromatic carbocycles. The molecule has 0 bridgehead atoms. The fraction of sp³-hybridized carbons (Fsp3) is 0.294. The van der Waals surface area contributed by atoms with Gasteiger partial charge in [0.25, 0.3) is 0 Å². The van der Waals surface area contributed by atoms with Crippen molar-refractivity contribution in [2.24, 2.45) is 5.73 Å². The van der Waals surface area contributed by atoms with E-state index in [1.165, 1.54) is 23.3 Å². The van der Waals surface area contributed by atoms with Crippen LogP contribution in [-0.4, -0.2) is 0 Å².